The largest absolute Gasteiger partial charge is 0.348 e. The molecule has 1 atom stereocenters. The molecule has 2 N–H and O–H groups in total. The summed E-state index contributed by atoms with van der Waals surface area (Å²) in [6, 6.07) is 18.6. The van der Waals surface area contributed by atoms with Crippen LogP contribution < -0.4 is 10.6 Å². The molecule has 0 spiro atoms. The Bertz CT molecular complexity index is 870. The Balaban J connectivity index is 1.73. The lowest BCUT2D eigenvalue weighted by Gasteiger charge is -2.14. The van der Waals surface area contributed by atoms with E-state index >= 15 is 0 Å². The maximum atomic E-state index is 12.4. The first-order chi connectivity index (χ1) is 12.1. The van der Waals surface area contributed by atoms with Crippen molar-refractivity contribution in [2.45, 2.75) is 13.0 Å². The van der Waals surface area contributed by atoms with Crippen LogP contribution in [0.3, 0.4) is 0 Å². The topological polar surface area (TPSA) is 66.9 Å². The molecule has 0 bridgehead atoms. The maximum absolute atomic E-state index is 12.4. The number of nitrogens with one attached hydrogen (secondary N) is 2. The zero-order valence-corrected chi connectivity index (χ0v) is 14.4. The van der Waals surface area contributed by atoms with Crippen molar-refractivity contribution < 1.29 is 4.79 Å². The van der Waals surface area contributed by atoms with Crippen molar-refractivity contribution >= 4 is 29.1 Å². The zero-order chi connectivity index (χ0) is 17.6. The third-order valence-corrected chi connectivity index (χ3v) is 3.99. The van der Waals surface area contributed by atoms with Gasteiger partial charge in [0.15, 0.2) is 0 Å². The molecule has 5 nitrogen and oxygen atoms in total. The van der Waals surface area contributed by atoms with Crippen LogP contribution in [0.5, 0.6) is 0 Å². The number of nitrogens with zero attached hydrogens (tertiary/aromatic N) is 2. The number of aromatic nitrogens is 2. The summed E-state index contributed by atoms with van der Waals surface area (Å²) in [5.41, 5.74) is 1.91. The number of carbonyl (C=O) groups is 1. The van der Waals surface area contributed by atoms with E-state index in [-0.39, 0.29) is 17.6 Å². The van der Waals surface area contributed by atoms with Crippen LogP contribution in [0.25, 0.3) is 0 Å². The van der Waals surface area contributed by atoms with Gasteiger partial charge in [0, 0.05) is 6.20 Å². The van der Waals surface area contributed by atoms with Crippen molar-refractivity contribution in [1.29, 1.82) is 0 Å². The summed E-state index contributed by atoms with van der Waals surface area (Å²) in [6.45, 7) is 2.01. The van der Waals surface area contributed by atoms with Crippen molar-refractivity contribution in [3.8, 4) is 0 Å². The van der Waals surface area contributed by atoms with Gasteiger partial charge in [0.05, 0.1) is 16.8 Å². The van der Waals surface area contributed by atoms with Gasteiger partial charge in [-0.15, -0.1) is 0 Å². The van der Waals surface area contributed by atoms with Gasteiger partial charge in [-0.2, -0.15) is 0 Å². The summed E-state index contributed by atoms with van der Waals surface area (Å²) in [5.74, 6) is 0.0501. The van der Waals surface area contributed by atoms with Gasteiger partial charge in [-0.3, -0.25) is 4.79 Å². The summed E-state index contributed by atoms with van der Waals surface area (Å²) >= 11 is 6.06. The van der Waals surface area contributed by atoms with E-state index in [0.717, 1.165) is 5.56 Å². The molecule has 0 aliphatic rings. The molecule has 3 aromatic rings. The molecule has 1 amide bonds. The van der Waals surface area contributed by atoms with Gasteiger partial charge in [-0.1, -0.05) is 54.1 Å². The lowest BCUT2D eigenvalue weighted by atomic mass is 10.1. The molecule has 0 aliphatic heterocycles. The molecule has 1 unspecified atom stereocenters. The van der Waals surface area contributed by atoms with E-state index in [0.29, 0.717) is 16.7 Å². The lowest BCUT2D eigenvalue weighted by Crippen LogP contribution is -2.16. The summed E-state index contributed by atoms with van der Waals surface area (Å²) in [4.78, 5) is 20.9. The maximum Gasteiger partial charge on any atom is 0.274 e. The second kappa shape index (κ2) is 7.77. The third-order valence-electron chi connectivity index (χ3n) is 3.66. The fourth-order valence-corrected chi connectivity index (χ4v) is 2.51. The van der Waals surface area contributed by atoms with Crippen molar-refractivity contribution in [3.63, 3.8) is 0 Å². The van der Waals surface area contributed by atoms with Crippen LogP contribution in [0.2, 0.25) is 5.02 Å². The van der Waals surface area contributed by atoms with Crippen molar-refractivity contribution in [2.24, 2.45) is 0 Å². The SMILES string of the molecule is CC(Nc1nccc(C(=O)Nc2ccccc2Cl)n1)c1ccccc1. The number of benzene rings is 2. The average Bonchev–Trinajstić information content (AvgIpc) is 2.64. The minimum absolute atomic E-state index is 0.0167. The van der Waals surface area contributed by atoms with Crippen LogP contribution >= 0.6 is 11.6 Å². The summed E-state index contributed by atoms with van der Waals surface area (Å²) in [5, 5.41) is 6.42. The van der Waals surface area contributed by atoms with Crippen molar-refractivity contribution in [1.82, 2.24) is 9.97 Å². The Morgan fingerprint density at radius 2 is 1.76 bits per heavy atom. The van der Waals surface area contributed by atoms with Gasteiger partial charge in [0.25, 0.3) is 5.91 Å². The highest BCUT2D eigenvalue weighted by Gasteiger charge is 2.12. The number of amides is 1. The molecule has 0 saturated carbocycles. The molecule has 1 aromatic heterocycles. The Kier molecular flexibility index (Phi) is 5.26. The quantitative estimate of drug-likeness (QED) is 0.706. The highest BCUT2D eigenvalue weighted by Crippen LogP contribution is 2.21. The smallest absolute Gasteiger partial charge is 0.274 e. The minimum atomic E-state index is -0.342. The van der Waals surface area contributed by atoms with Gasteiger partial charge in [-0.25, -0.2) is 9.97 Å². The first-order valence-electron chi connectivity index (χ1n) is 7.84. The molecular weight excluding hydrogens is 336 g/mol. The van der Waals surface area contributed by atoms with Gasteiger partial charge in [-0.05, 0) is 30.7 Å². The molecule has 25 heavy (non-hydrogen) atoms. The van der Waals surface area contributed by atoms with Gasteiger partial charge in [0.1, 0.15) is 5.69 Å². The van der Waals surface area contributed by atoms with Crippen LogP contribution in [0.15, 0.2) is 66.9 Å². The van der Waals surface area contributed by atoms with Crippen LogP contribution in [0.4, 0.5) is 11.6 Å². The predicted octanol–water partition coefficient (Wildman–Crippen LogP) is 4.56. The Hall–Kier alpha value is -2.92. The number of halogens is 1. The van der Waals surface area contributed by atoms with Crippen molar-refractivity contribution in [3.05, 3.63) is 83.1 Å². The highest BCUT2D eigenvalue weighted by molar-refractivity contribution is 6.33. The van der Waals surface area contributed by atoms with Crippen LogP contribution in [-0.2, 0) is 0 Å². The molecule has 3 rings (SSSR count). The molecule has 2 aromatic carbocycles. The molecule has 0 saturated heterocycles. The third kappa shape index (κ3) is 4.33. The summed E-state index contributed by atoms with van der Waals surface area (Å²) < 4.78 is 0. The second-order valence-corrected chi connectivity index (χ2v) is 5.88. The number of hydrogen-bond acceptors (Lipinski definition) is 4. The normalized spacial score (nSPS) is 11.6. The Labute approximate surface area is 151 Å². The predicted molar refractivity (Wildman–Crippen MR) is 99.9 cm³/mol. The first kappa shape index (κ1) is 16.9. The van der Waals surface area contributed by atoms with Gasteiger partial charge < -0.3 is 10.6 Å². The number of rotatable bonds is 5. The lowest BCUT2D eigenvalue weighted by molar-refractivity contribution is 0.102. The molecule has 0 radical (unpaired) electrons. The van der Waals surface area contributed by atoms with Gasteiger partial charge >= 0.3 is 0 Å². The van der Waals surface area contributed by atoms with Gasteiger partial charge in [0.2, 0.25) is 5.95 Å². The Morgan fingerprint density at radius 1 is 1.04 bits per heavy atom. The van der Waals surface area contributed by atoms with E-state index in [2.05, 4.69) is 20.6 Å². The van der Waals surface area contributed by atoms with Crippen LogP contribution in [0.1, 0.15) is 29.0 Å². The number of para-hydroxylation sites is 1. The number of carbonyl (C=O) groups excluding carboxylic acids is 1. The average molecular weight is 353 g/mol. The molecular formula is C19H17ClN4O. The second-order valence-electron chi connectivity index (χ2n) is 5.48. The molecule has 0 fully saturated rings. The standard InChI is InChI=1S/C19H17ClN4O/c1-13(14-7-3-2-4-8-14)22-19-21-12-11-17(24-19)18(25)23-16-10-6-5-9-15(16)20/h2-13H,1H3,(H,23,25)(H,21,22,24). The van der Waals surface area contributed by atoms with Crippen LogP contribution in [0, 0.1) is 0 Å². The van der Waals surface area contributed by atoms with E-state index in [1.54, 1.807) is 36.5 Å². The van der Waals surface area contributed by atoms with E-state index in [9.17, 15) is 4.79 Å². The summed E-state index contributed by atoms with van der Waals surface area (Å²) in [6.07, 6.45) is 1.55. The van der Waals surface area contributed by atoms with E-state index in [4.69, 9.17) is 11.6 Å². The summed E-state index contributed by atoms with van der Waals surface area (Å²) in [7, 11) is 0. The van der Waals surface area contributed by atoms with E-state index < -0.39 is 0 Å². The fourth-order valence-electron chi connectivity index (χ4n) is 2.32. The first-order valence-corrected chi connectivity index (χ1v) is 8.21. The number of anilines is 2. The molecule has 126 valence electrons. The van der Waals surface area contributed by atoms with E-state index in [1.807, 2.05) is 37.3 Å². The Morgan fingerprint density at radius 3 is 2.52 bits per heavy atom. The fraction of sp³-hybridized carbons (Fsp3) is 0.105. The molecule has 6 heteroatoms. The monoisotopic (exact) mass is 352 g/mol. The van der Waals surface area contributed by atoms with Crippen molar-refractivity contribution in [2.75, 3.05) is 10.6 Å². The minimum Gasteiger partial charge on any atom is -0.348 e. The van der Waals surface area contributed by atoms with E-state index in [1.165, 1.54) is 0 Å². The molecule has 1 heterocycles. The van der Waals surface area contributed by atoms with Crippen LogP contribution in [-0.4, -0.2) is 15.9 Å². The molecule has 0 aliphatic carbocycles. The number of hydrogen-bond donors (Lipinski definition) is 2. The highest BCUT2D eigenvalue weighted by atomic mass is 35.5. The zero-order valence-electron chi connectivity index (χ0n) is 13.6.